The maximum absolute atomic E-state index is 13.3. The van der Waals surface area contributed by atoms with Crippen molar-refractivity contribution in [1.82, 2.24) is 5.32 Å². The van der Waals surface area contributed by atoms with Crippen LogP contribution in [0.25, 0.3) is 0 Å². The van der Waals surface area contributed by atoms with Crippen LogP contribution >= 0.6 is 0 Å². The molecule has 0 radical (unpaired) electrons. The number of halogens is 1. The van der Waals surface area contributed by atoms with Crippen LogP contribution in [-0.2, 0) is 0 Å². The van der Waals surface area contributed by atoms with Crippen molar-refractivity contribution in [1.29, 1.82) is 0 Å². The smallest absolute Gasteiger partial charge is 0.251 e. The van der Waals surface area contributed by atoms with Crippen LogP contribution in [0.2, 0.25) is 0 Å². The van der Waals surface area contributed by atoms with Crippen LogP contribution in [-0.4, -0.2) is 24.2 Å². The van der Waals surface area contributed by atoms with Gasteiger partial charge in [-0.15, -0.1) is 0 Å². The zero-order valence-corrected chi connectivity index (χ0v) is 11.8. The van der Waals surface area contributed by atoms with Gasteiger partial charge < -0.3 is 10.4 Å². The van der Waals surface area contributed by atoms with Crippen molar-refractivity contribution in [2.75, 3.05) is 13.2 Å². The predicted octanol–water partition coefficient (Wildman–Crippen LogP) is 2.66. The van der Waals surface area contributed by atoms with Crippen LogP contribution in [0.15, 0.2) is 18.2 Å². The normalized spacial score (nSPS) is 11.4. The van der Waals surface area contributed by atoms with Crippen molar-refractivity contribution in [2.45, 2.75) is 33.6 Å². The molecule has 0 spiro atoms. The molecule has 0 aromatic heterocycles. The molecule has 0 aliphatic heterocycles. The van der Waals surface area contributed by atoms with E-state index in [-0.39, 0.29) is 23.7 Å². The molecule has 1 aromatic rings. The monoisotopic (exact) mass is 267 g/mol. The number of aryl methyl sites for hydroxylation is 1. The number of aliphatic hydroxyl groups excluding tert-OH is 1. The fourth-order valence-electron chi connectivity index (χ4n) is 1.68. The number of aliphatic hydroxyl groups is 1. The average molecular weight is 267 g/mol. The Bertz CT molecular complexity index is 444. The summed E-state index contributed by atoms with van der Waals surface area (Å²) in [6.07, 6.45) is 1.61. The number of amides is 1. The predicted molar refractivity (Wildman–Crippen MR) is 73.6 cm³/mol. The Morgan fingerprint density at radius 3 is 2.68 bits per heavy atom. The van der Waals surface area contributed by atoms with Gasteiger partial charge in [0.05, 0.1) is 0 Å². The molecule has 0 aliphatic carbocycles. The summed E-state index contributed by atoms with van der Waals surface area (Å²) in [4.78, 5) is 11.8. The first-order valence-corrected chi connectivity index (χ1v) is 6.51. The van der Waals surface area contributed by atoms with Gasteiger partial charge in [-0.25, -0.2) is 4.39 Å². The first-order chi connectivity index (χ1) is 8.85. The van der Waals surface area contributed by atoms with Gasteiger partial charge >= 0.3 is 0 Å². The third kappa shape index (κ3) is 4.99. The van der Waals surface area contributed by atoms with Gasteiger partial charge in [-0.05, 0) is 42.9 Å². The molecule has 0 saturated carbocycles. The van der Waals surface area contributed by atoms with Gasteiger partial charge in [0.15, 0.2) is 0 Å². The number of hydrogen-bond acceptors (Lipinski definition) is 2. The van der Waals surface area contributed by atoms with E-state index in [1.165, 1.54) is 6.07 Å². The molecular weight excluding hydrogens is 245 g/mol. The summed E-state index contributed by atoms with van der Waals surface area (Å²) in [6, 6.07) is 4.47. The fourth-order valence-corrected chi connectivity index (χ4v) is 1.68. The highest BCUT2D eigenvalue weighted by atomic mass is 19.1. The largest absolute Gasteiger partial charge is 0.396 e. The minimum absolute atomic E-state index is 0.124. The van der Waals surface area contributed by atoms with Crippen LogP contribution < -0.4 is 5.32 Å². The van der Waals surface area contributed by atoms with E-state index in [0.717, 1.165) is 12.8 Å². The second-order valence-corrected chi connectivity index (χ2v) is 5.65. The minimum Gasteiger partial charge on any atom is -0.396 e. The fraction of sp³-hybridized carbons (Fsp3) is 0.533. The van der Waals surface area contributed by atoms with Gasteiger partial charge in [0.25, 0.3) is 5.91 Å². The average Bonchev–Trinajstić information content (AvgIpc) is 2.37. The van der Waals surface area contributed by atoms with Crippen molar-refractivity contribution < 1.29 is 14.3 Å². The summed E-state index contributed by atoms with van der Waals surface area (Å²) in [7, 11) is 0. The van der Waals surface area contributed by atoms with Gasteiger partial charge in [-0.1, -0.05) is 19.9 Å². The van der Waals surface area contributed by atoms with E-state index in [4.69, 9.17) is 5.11 Å². The molecule has 0 atom stereocenters. The van der Waals surface area contributed by atoms with Crippen molar-refractivity contribution >= 4 is 5.91 Å². The quantitative estimate of drug-likeness (QED) is 0.778. The number of carbonyl (C=O) groups excluding carboxylic acids is 1. The van der Waals surface area contributed by atoms with Gasteiger partial charge in [0.1, 0.15) is 5.82 Å². The summed E-state index contributed by atoms with van der Waals surface area (Å²) in [5, 5.41) is 11.9. The van der Waals surface area contributed by atoms with E-state index >= 15 is 0 Å². The lowest BCUT2D eigenvalue weighted by Gasteiger charge is -2.21. The summed E-state index contributed by atoms with van der Waals surface area (Å²) in [5.74, 6) is -0.630. The van der Waals surface area contributed by atoms with E-state index in [1.54, 1.807) is 19.1 Å². The summed E-state index contributed by atoms with van der Waals surface area (Å²) < 4.78 is 13.3. The summed E-state index contributed by atoms with van der Waals surface area (Å²) in [5.41, 5.74) is 0.742. The van der Waals surface area contributed by atoms with E-state index in [0.29, 0.717) is 17.7 Å². The van der Waals surface area contributed by atoms with Crippen LogP contribution in [0.4, 0.5) is 4.39 Å². The lowest BCUT2D eigenvalue weighted by Crippen LogP contribution is -2.26. The highest BCUT2D eigenvalue weighted by Gasteiger charge is 2.15. The van der Waals surface area contributed by atoms with Crippen LogP contribution in [0.5, 0.6) is 0 Å². The molecule has 0 aliphatic rings. The molecule has 0 saturated heterocycles. The molecule has 106 valence electrons. The third-order valence-electron chi connectivity index (χ3n) is 3.18. The molecular formula is C15H22FNO2. The van der Waals surface area contributed by atoms with E-state index in [9.17, 15) is 9.18 Å². The third-order valence-corrected chi connectivity index (χ3v) is 3.18. The summed E-state index contributed by atoms with van der Waals surface area (Å²) >= 11 is 0. The Morgan fingerprint density at radius 1 is 1.42 bits per heavy atom. The van der Waals surface area contributed by atoms with Gasteiger partial charge in [0.2, 0.25) is 0 Å². The van der Waals surface area contributed by atoms with E-state index in [2.05, 4.69) is 5.32 Å². The zero-order valence-electron chi connectivity index (χ0n) is 11.8. The Morgan fingerprint density at radius 2 is 2.11 bits per heavy atom. The number of rotatable bonds is 6. The lowest BCUT2D eigenvalue weighted by atomic mass is 9.89. The minimum atomic E-state index is -0.367. The molecule has 0 unspecified atom stereocenters. The molecule has 2 N–H and O–H groups in total. The molecule has 0 bridgehead atoms. The van der Waals surface area contributed by atoms with Crippen molar-refractivity contribution in [3.8, 4) is 0 Å². The van der Waals surface area contributed by atoms with E-state index in [1.807, 2.05) is 13.8 Å². The molecule has 19 heavy (non-hydrogen) atoms. The van der Waals surface area contributed by atoms with Gasteiger partial charge in [-0.2, -0.15) is 0 Å². The second kappa shape index (κ2) is 6.66. The Kier molecular flexibility index (Phi) is 5.48. The highest BCUT2D eigenvalue weighted by Crippen LogP contribution is 2.20. The van der Waals surface area contributed by atoms with E-state index < -0.39 is 0 Å². The Hall–Kier alpha value is -1.42. The standard InChI is InChI=1S/C15H22FNO2/c1-11-5-6-12(9-13(11)16)14(19)17-8-4-7-15(2,3)10-18/h5-6,9,18H,4,7-8,10H2,1-3H3,(H,17,19). The topological polar surface area (TPSA) is 49.3 Å². The van der Waals surface area contributed by atoms with Crippen molar-refractivity contribution in [3.05, 3.63) is 35.1 Å². The zero-order chi connectivity index (χ0) is 14.5. The Balaban J connectivity index is 2.41. The first-order valence-electron chi connectivity index (χ1n) is 6.51. The Labute approximate surface area is 113 Å². The second-order valence-electron chi connectivity index (χ2n) is 5.65. The van der Waals surface area contributed by atoms with Crippen LogP contribution in [0.1, 0.15) is 42.6 Å². The van der Waals surface area contributed by atoms with Crippen LogP contribution in [0, 0.1) is 18.2 Å². The molecule has 0 heterocycles. The summed E-state index contributed by atoms with van der Waals surface area (Å²) in [6.45, 7) is 6.27. The number of carbonyl (C=O) groups is 1. The maximum Gasteiger partial charge on any atom is 0.251 e. The number of nitrogens with one attached hydrogen (secondary N) is 1. The molecule has 3 nitrogen and oxygen atoms in total. The van der Waals surface area contributed by atoms with Gasteiger partial charge in [0, 0.05) is 18.7 Å². The van der Waals surface area contributed by atoms with Crippen molar-refractivity contribution in [3.63, 3.8) is 0 Å². The van der Waals surface area contributed by atoms with Crippen LogP contribution in [0.3, 0.4) is 0 Å². The molecule has 0 fully saturated rings. The van der Waals surface area contributed by atoms with Gasteiger partial charge in [-0.3, -0.25) is 4.79 Å². The van der Waals surface area contributed by atoms with Crippen molar-refractivity contribution in [2.24, 2.45) is 5.41 Å². The molecule has 4 heteroatoms. The molecule has 1 rings (SSSR count). The molecule has 1 amide bonds. The maximum atomic E-state index is 13.3. The SMILES string of the molecule is Cc1ccc(C(=O)NCCCC(C)(C)CO)cc1F. The number of hydrogen-bond donors (Lipinski definition) is 2. The highest BCUT2D eigenvalue weighted by molar-refractivity contribution is 5.94. The number of benzene rings is 1. The first kappa shape index (κ1) is 15.6. The lowest BCUT2D eigenvalue weighted by molar-refractivity contribution is 0.0948. The molecule has 1 aromatic carbocycles.